The predicted octanol–water partition coefficient (Wildman–Crippen LogP) is 3.84. The molecule has 0 spiro atoms. The summed E-state index contributed by atoms with van der Waals surface area (Å²) in [7, 11) is -3.93. The van der Waals surface area contributed by atoms with Crippen molar-refractivity contribution >= 4 is 50.7 Å². The largest absolute Gasteiger partial charge is 0.355 e. The molecule has 0 heterocycles. The van der Waals surface area contributed by atoms with E-state index in [1.54, 1.807) is 13.8 Å². The topological polar surface area (TPSA) is 86.8 Å². The van der Waals surface area contributed by atoms with E-state index in [0.29, 0.717) is 12.1 Å². The molecule has 7 nitrogen and oxygen atoms in total. The van der Waals surface area contributed by atoms with E-state index in [-0.39, 0.29) is 34.6 Å². The van der Waals surface area contributed by atoms with Gasteiger partial charge in [-0.2, -0.15) is 0 Å². The monoisotopic (exact) mass is 517 g/mol. The molecular weight excluding hydrogens is 492 g/mol. The van der Waals surface area contributed by atoms with Gasteiger partial charge in [0.1, 0.15) is 18.4 Å². The Labute approximate surface area is 203 Å². The van der Waals surface area contributed by atoms with Gasteiger partial charge in [0.05, 0.1) is 17.0 Å². The summed E-state index contributed by atoms with van der Waals surface area (Å²) in [6.07, 6.45) is 1.23. The second-order valence-electron chi connectivity index (χ2n) is 7.33. The lowest BCUT2D eigenvalue weighted by atomic mass is 10.1. The third kappa shape index (κ3) is 7.31. The Bertz CT molecular complexity index is 1100. The fraction of sp³-hybridized carbons (Fsp3) is 0.364. The molecule has 0 saturated heterocycles. The molecule has 180 valence electrons. The highest BCUT2D eigenvalue weighted by molar-refractivity contribution is 7.92. The Hall–Kier alpha value is -2.36. The fourth-order valence-corrected chi connectivity index (χ4v) is 4.56. The van der Waals surface area contributed by atoms with Crippen molar-refractivity contribution in [3.8, 4) is 0 Å². The molecule has 33 heavy (non-hydrogen) atoms. The van der Waals surface area contributed by atoms with Crippen molar-refractivity contribution in [3.63, 3.8) is 0 Å². The molecule has 2 amide bonds. The maximum Gasteiger partial charge on any atom is 0.244 e. The number of rotatable bonds is 10. The molecule has 0 aromatic heterocycles. The van der Waals surface area contributed by atoms with Crippen LogP contribution in [0.5, 0.6) is 0 Å². The third-order valence-corrected chi connectivity index (χ3v) is 6.54. The Morgan fingerprint density at radius 2 is 1.73 bits per heavy atom. The Kier molecular flexibility index (Phi) is 9.51. The summed E-state index contributed by atoms with van der Waals surface area (Å²) in [5.41, 5.74) is 0.631. The minimum absolute atomic E-state index is 0.0182. The normalized spacial score (nSPS) is 12.2. The molecule has 0 radical (unpaired) electrons. The first-order valence-corrected chi connectivity index (χ1v) is 12.8. The first kappa shape index (κ1) is 26.9. The van der Waals surface area contributed by atoms with E-state index in [0.717, 1.165) is 10.6 Å². The van der Waals surface area contributed by atoms with Crippen molar-refractivity contribution < 1.29 is 22.4 Å². The summed E-state index contributed by atoms with van der Waals surface area (Å²) in [6, 6.07) is 8.92. The summed E-state index contributed by atoms with van der Waals surface area (Å²) < 4.78 is 39.3. The Morgan fingerprint density at radius 3 is 2.27 bits per heavy atom. The van der Waals surface area contributed by atoms with E-state index in [2.05, 4.69) is 5.32 Å². The maximum absolute atomic E-state index is 13.4. The number of hydrogen-bond acceptors (Lipinski definition) is 4. The molecular formula is C22H26Cl2FN3O4S. The zero-order chi connectivity index (χ0) is 24.8. The van der Waals surface area contributed by atoms with Gasteiger partial charge in [-0.3, -0.25) is 13.9 Å². The Balaban J connectivity index is 2.46. The van der Waals surface area contributed by atoms with Crippen LogP contribution in [-0.4, -0.2) is 50.5 Å². The average molecular weight is 518 g/mol. The molecule has 2 aromatic carbocycles. The van der Waals surface area contributed by atoms with E-state index in [9.17, 15) is 22.4 Å². The van der Waals surface area contributed by atoms with Gasteiger partial charge < -0.3 is 10.2 Å². The lowest BCUT2D eigenvalue weighted by molar-refractivity contribution is -0.140. The van der Waals surface area contributed by atoms with Gasteiger partial charge in [0.25, 0.3) is 0 Å². The van der Waals surface area contributed by atoms with Crippen LogP contribution in [0.1, 0.15) is 25.8 Å². The number of sulfonamides is 1. The van der Waals surface area contributed by atoms with Gasteiger partial charge >= 0.3 is 0 Å². The molecule has 1 N–H and O–H groups in total. The SMILES string of the molecule is CCNC(=O)C(CC)N(Cc1ccc(F)cc1)C(=O)CN(c1cc(Cl)ccc1Cl)S(C)(=O)=O. The van der Waals surface area contributed by atoms with Crippen molar-refractivity contribution in [2.75, 3.05) is 23.7 Å². The van der Waals surface area contributed by atoms with Gasteiger partial charge in [-0.05, 0) is 49.2 Å². The standard InChI is InChI=1S/C22H26Cl2FN3O4S/c1-4-19(22(30)26-5-2)27(13-15-6-9-17(25)10-7-15)21(29)14-28(33(3,31)32)20-12-16(23)8-11-18(20)24/h6-12,19H,4-5,13-14H2,1-3H3,(H,26,30). The highest BCUT2D eigenvalue weighted by atomic mass is 35.5. The smallest absolute Gasteiger partial charge is 0.244 e. The number of anilines is 1. The summed E-state index contributed by atoms with van der Waals surface area (Å²) in [5.74, 6) is -1.44. The van der Waals surface area contributed by atoms with Gasteiger partial charge in [0.15, 0.2) is 0 Å². The number of halogens is 3. The van der Waals surface area contributed by atoms with Gasteiger partial charge in [-0.15, -0.1) is 0 Å². The molecule has 2 rings (SSSR count). The summed E-state index contributed by atoms with van der Waals surface area (Å²) in [6.45, 7) is 3.24. The molecule has 0 fully saturated rings. The second kappa shape index (κ2) is 11.7. The van der Waals surface area contributed by atoms with E-state index >= 15 is 0 Å². The van der Waals surface area contributed by atoms with Crippen LogP contribution in [0.4, 0.5) is 10.1 Å². The van der Waals surface area contributed by atoms with E-state index in [1.165, 1.54) is 47.4 Å². The van der Waals surface area contributed by atoms with Crippen molar-refractivity contribution in [3.05, 3.63) is 63.9 Å². The molecule has 0 aliphatic carbocycles. The zero-order valence-corrected chi connectivity index (χ0v) is 20.8. The van der Waals surface area contributed by atoms with Crippen molar-refractivity contribution in [2.24, 2.45) is 0 Å². The summed E-state index contributed by atoms with van der Waals surface area (Å²) in [4.78, 5) is 27.4. The highest BCUT2D eigenvalue weighted by Gasteiger charge is 2.32. The van der Waals surface area contributed by atoms with Gasteiger partial charge in [-0.1, -0.05) is 42.3 Å². The molecule has 0 saturated carbocycles. The predicted molar refractivity (Wildman–Crippen MR) is 128 cm³/mol. The minimum atomic E-state index is -3.93. The number of carbonyl (C=O) groups excluding carboxylic acids is 2. The molecule has 1 unspecified atom stereocenters. The number of nitrogens with one attached hydrogen (secondary N) is 1. The van der Waals surface area contributed by atoms with E-state index < -0.39 is 34.3 Å². The second-order valence-corrected chi connectivity index (χ2v) is 10.1. The molecule has 2 aromatic rings. The van der Waals surface area contributed by atoms with Crippen LogP contribution in [0.25, 0.3) is 0 Å². The molecule has 0 bridgehead atoms. The van der Waals surface area contributed by atoms with Crippen molar-refractivity contribution in [2.45, 2.75) is 32.9 Å². The van der Waals surface area contributed by atoms with Gasteiger partial charge in [0, 0.05) is 18.1 Å². The number of likely N-dealkylation sites (N-methyl/N-ethyl adjacent to an activating group) is 1. The zero-order valence-electron chi connectivity index (χ0n) is 18.5. The third-order valence-electron chi connectivity index (χ3n) is 4.86. The van der Waals surface area contributed by atoms with Crippen LogP contribution >= 0.6 is 23.2 Å². The average Bonchev–Trinajstić information content (AvgIpc) is 2.74. The lowest BCUT2D eigenvalue weighted by Crippen LogP contribution is -2.52. The van der Waals surface area contributed by atoms with Crippen LogP contribution in [0, 0.1) is 5.82 Å². The first-order chi connectivity index (χ1) is 15.5. The van der Waals surface area contributed by atoms with Crippen LogP contribution in [0.15, 0.2) is 42.5 Å². The number of hydrogen-bond donors (Lipinski definition) is 1. The van der Waals surface area contributed by atoms with Gasteiger partial charge in [0.2, 0.25) is 21.8 Å². The summed E-state index contributed by atoms with van der Waals surface area (Å²) in [5, 5.41) is 3.03. The van der Waals surface area contributed by atoms with Gasteiger partial charge in [-0.25, -0.2) is 12.8 Å². The minimum Gasteiger partial charge on any atom is -0.355 e. The van der Waals surface area contributed by atoms with Crippen LogP contribution in [0.2, 0.25) is 10.0 Å². The fourth-order valence-electron chi connectivity index (χ4n) is 3.27. The van der Waals surface area contributed by atoms with Crippen LogP contribution in [-0.2, 0) is 26.2 Å². The van der Waals surface area contributed by atoms with E-state index in [4.69, 9.17) is 23.2 Å². The number of amides is 2. The maximum atomic E-state index is 13.4. The van der Waals surface area contributed by atoms with E-state index in [1.807, 2.05) is 0 Å². The lowest BCUT2D eigenvalue weighted by Gasteiger charge is -2.33. The Morgan fingerprint density at radius 1 is 1.09 bits per heavy atom. The number of benzene rings is 2. The summed E-state index contributed by atoms with van der Waals surface area (Å²) >= 11 is 12.2. The molecule has 0 aliphatic heterocycles. The first-order valence-electron chi connectivity index (χ1n) is 10.2. The quantitative estimate of drug-likeness (QED) is 0.518. The van der Waals surface area contributed by atoms with Crippen LogP contribution in [0.3, 0.4) is 0 Å². The highest BCUT2D eigenvalue weighted by Crippen LogP contribution is 2.31. The molecule has 11 heteroatoms. The number of nitrogens with zero attached hydrogens (tertiary/aromatic N) is 2. The van der Waals surface area contributed by atoms with Crippen LogP contribution < -0.4 is 9.62 Å². The molecule has 0 aliphatic rings. The van der Waals surface area contributed by atoms with Crippen molar-refractivity contribution in [1.29, 1.82) is 0 Å². The number of carbonyl (C=O) groups is 2. The van der Waals surface area contributed by atoms with Crippen molar-refractivity contribution in [1.82, 2.24) is 10.2 Å². The molecule has 1 atom stereocenters.